The van der Waals surface area contributed by atoms with Crippen LogP contribution in [0.1, 0.15) is 18.7 Å². The first-order valence-corrected chi connectivity index (χ1v) is 3.56. The van der Waals surface area contributed by atoms with Gasteiger partial charge in [0.1, 0.15) is 0 Å². The van der Waals surface area contributed by atoms with Crippen molar-refractivity contribution in [3.05, 3.63) is 30.1 Å². The second kappa shape index (κ2) is 3.46. The molecule has 1 aromatic rings. The van der Waals surface area contributed by atoms with Crippen molar-refractivity contribution in [3.8, 4) is 0 Å². The largest absolute Gasteiger partial charge is 0.391 e. The zero-order valence-electron chi connectivity index (χ0n) is 6.44. The Morgan fingerprint density at radius 1 is 1.55 bits per heavy atom. The lowest BCUT2D eigenvalue weighted by Crippen LogP contribution is -2.23. The maximum atomic E-state index is 9.11. The lowest BCUT2D eigenvalue weighted by Gasteiger charge is -2.12. The second-order valence-electron chi connectivity index (χ2n) is 2.52. The van der Waals surface area contributed by atoms with Gasteiger partial charge in [0.05, 0.1) is 17.8 Å². The van der Waals surface area contributed by atoms with E-state index < -0.39 is 6.10 Å². The number of aliphatic hydroxyl groups is 1. The number of hydrogen-bond acceptors (Lipinski definition) is 3. The third-order valence-electron chi connectivity index (χ3n) is 1.55. The number of hydrogen-bond donors (Lipinski definition) is 2. The smallest absolute Gasteiger partial charge is 0.0730 e. The molecule has 11 heavy (non-hydrogen) atoms. The molecule has 1 aromatic heterocycles. The molecule has 2 unspecified atom stereocenters. The van der Waals surface area contributed by atoms with Crippen molar-refractivity contribution >= 4 is 0 Å². The molecule has 0 fully saturated rings. The molecule has 0 aromatic carbocycles. The van der Waals surface area contributed by atoms with E-state index in [9.17, 15) is 0 Å². The third-order valence-corrected chi connectivity index (χ3v) is 1.55. The first kappa shape index (κ1) is 8.17. The second-order valence-corrected chi connectivity index (χ2v) is 2.52. The summed E-state index contributed by atoms with van der Waals surface area (Å²) in [6, 6.07) is 5.09. The number of aliphatic hydroxyl groups excluding tert-OH is 1. The van der Waals surface area contributed by atoms with Gasteiger partial charge in [0.2, 0.25) is 0 Å². The molecule has 2 atom stereocenters. The van der Waals surface area contributed by atoms with Gasteiger partial charge >= 0.3 is 0 Å². The molecule has 0 aliphatic carbocycles. The van der Waals surface area contributed by atoms with E-state index in [4.69, 9.17) is 10.8 Å². The van der Waals surface area contributed by atoms with Gasteiger partial charge in [-0.05, 0) is 19.1 Å². The fourth-order valence-corrected chi connectivity index (χ4v) is 0.820. The molecule has 0 amide bonds. The highest BCUT2D eigenvalue weighted by Gasteiger charge is 2.11. The fraction of sp³-hybridized carbons (Fsp3) is 0.375. The fourth-order valence-electron chi connectivity index (χ4n) is 0.820. The zero-order valence-corrected chi connectivity index (χ0v) is 6.44. The Hall–Kier alpha value is -0.930. The van der Waals surface area contributed by atoms with Crippen LogP contribution in [-0.4, -0.2) is 16.2 Å². The summed E-state index contributed by atoms with van der Waals surface area (Å²) >= 11 is 0. The number of nitrogens with two attached hydrogens (primary N) is 1. The van der Waals surface area contributed by atoms with Gasteiger partial charge in [-0.2, -0.15) is 0 Å². The molecule has 3 heteroatoms. The minimum atomic E-state index is -0.551. The van der Waals surface area contributed by atoms with Gasteiger partial charge in [-0.25, -0.2) is 0 Å². The molecule has 1 rings (SSSR count). The molecule has 3 N–H and O–H groups in total. The lowest BCUT2D eigenvalue weighted by molar-refractivity contribution is 0.162. The normalized spacial score (nSPS) is 15.9. The van der Waals surface area contributed by atoms with Crippen LogP contribution in [0.25, 0.3) is 0 Å². The summed E-state index contributed by atoms with van der Waals surface area (Å²) in [7, 11) is 0. The van der Waals surface area contributed by atoms with Crippen molar-refractivity contribution < 1.29 is 5.11 Å². The SMILES string of the molecule is CC(O)C(N)c1ccccn1. The van der Waals surface area contributed by atoms with Gasteiger partial charge < -0.3 is 10.8 Å². The van der Waals surface area contributed by atoms with E-state index in [1.165, 1.54) is 0 Å². The molecule has 0 bridgehead atoms. The van der Waals surface area contributed by atoms with Crippen LogP contribution in [0, 0.1) is 0 Å². The Bertz CT molecular complexity index is 211. The Kier molecular flexibility index (Phi) is 2.57. The summed E-state index contributed by atoms with van der Waals surface area (Å²) in [5.74, 6) is 0. The van der Waals surface area contributed by atoms with Crippen LogP contribution in [0.3, 0.4) is 0 Å². The summed E-state index contributed by atoms with van der Waals surface area (Å²) in [5.41, 5.74) is 6.35. The number of pyridine rings is 1. The van der Waals surface area contributed by atoms with Crippen LogP contribution in [0.5, 0.6) is 0 Å². The Morgan fingerprint density at radius 2 is 2.27 bits per heavy atom. The minimum Gasteiger partial charge on any atom is -0.391 e. The van der Waals surface area contributed by atoms with Crippen LogP contribution in [-0.2, 0) is 0 Å². The molecular weight excluding hydrogens is 140 g/mol. The van der Waals surface area contributed by atoms with Crippen molar-refractivity contribution in [1.29, 1.82) is 0 Å². The average molecular weight is 152 g/mol. The standard InChI is InChI=1S/C8H12N2O/c1-6(11)8(9)7-4-2-3-5-10-7/h2-6,8,11H,9H2,1H3. The van der Waals surface area contributed by atoms with Gasteiger partial charge in [-0.15, -0.1) is 0 Å². The molecule has 0 aliphatic rings. The third kappa shape index (κ3) is 2.00. The van der Waals surface area contributed by atoms with Crippen molar-refractivity contribution in [2.24, 2.45) is 5.73 Å². The van der Waals surface area contributed by atoms with E-state index in [1.54, 1.807) is 19.2 Å². The minimum absolute atomic E-state index is 0.379. The number of nitrogens with zero attached hydrogens (tertiary/aromatic N) is 1. The van der Waals surface area contributed by atoms with Crippen LogP contribution < -0.4 is 5.73 Å². The van der Waals surface area contributed by atoms with Crippen LogP contribution in [0.4, 0.5) is 0 Å². The van der Waals surface area contributed by atoms with Gasteiger partial charge in [0.15, 0.2) is 0 Å². The summed E-state index contributed by atoms with van der Waals surface area (Å²) in [6.07, 6.45) is 1.11. The van der Waals surface area contributed by atoms with Gasteiger partial charge in [-0.3, -0.25) is 4.98 Å². The van der Waals surface area contributed by atoms with Crippen molar-refractivity contribution in [1.82, 2.24) is 4.98 Å². The van der Waals surface area contributed by atoms with Crippen LogP contribution >= 0.6 is 0 Å². The van der Waals surface area contributed by atoms with E-state index in [0.717, 1.165) is 5.69 Å². The predicted molar refractivity (Wildman–Crippen MR) is 42.8 cm³/mol. The quantitative estimate of drug-likeness (QED) is 0.647. The average Bonchev–Trinajstić information content (AvgIpc) is 2.05. The summed E-state index contributed by atoms with van der Waals surface area (Å²) in [5, 5.41) is 9.11. The van der Waals surface area contributed by atoms with Crippen LogP contribution in [0.2, 0.25) is 0 Å². The summed E-state index contributed by atoms with van der Waals surface area (Å²) < 4.78 is 0. The summed E-state index contributed by atoms with van der Waals surface area (Å²) in [4.78, 5) is 4.01. The highest BCUT2D eigenvalue weighted by atomic mass is 16.3. The van der Waals surface area contributed by atoms with Gasteiger partial charge in [0.25, 0.3) is 0 Å². The molecule has 1 heterocycles. The number of rotatable bonds is 2. The monoisotopic (exact) mass is 152 g/mol. The van der Waals surface area contributed by atoms with Gasteiger partial charge in [-0.1, -0.05) is 6.07 Å². The lowest BCUT2D eigenvalue weighted by atomic mass is 10.1. The molecule has 0 spiro atoms. The van der Waals surface area contributed by atoms with Crippen LogP contribution in [0.15, 0.2) is 24.4 Å². The zero-order chi connectivity index (χ0) is 8.27. The predicted octanol–water partition coefficient (Wildman–Crippen LogP) is 0.462. The van der Waals surface area contributed by atoms with Crippen molar-refractivity contribution in [3.63, 3.8) is 0 Å². The maximum absolute atomic E-state index is 9.11. The van der Waals surface area contributed by atoms with Crippen molar-refractivity contribution in [2.75, 3.05) is 0 Å². The molecule has 0 saturated heterocycles. The highest BCUT2D eigenvalue weighted by Crippen LogP contribution is 2.09. The molecule has 3 nitrogen and oxygen atoms in total. The Balaban J connectivity index is 2.77. The Morgan fingerprint density at radius 3 is 2.73 bits per heavy atom. The molecule has 0 aliphatic heterocycles. The first-order chi connectivity index (χ1) is 5.22. The maximum Gasteiger partial charge on any atom is 0.0730 e. The molecule has 0 radical (unpaired) electrons. The van der Waals surface area contributed by atoms with E-state index in [1.807, 2.05) is 12.1 Å². The van der Waals surface area contributed by atoms with E-state index in [2.05, 4.69) is 4.98 Å². The van der Waals surface area contributed by atoms with Gasteiger partial charge in [0, 0.05) is 6.20 Å². The molecule has 60 valence electrons. The molecule has 0 saturated carbocycles. The Labute approximate surface area is 65.9 Å². The first-order valence-electron chi connectivity index (χ1n) is 3.56. The van der Waals surface area contributed by atoms with E-state index in [-0.39, 0.29) is 6.04 Å². The van der Waals surface area contributed by atoms with Crippen molar-refractivity contribution in [2.45, 2.75) is 19.1 Å². The molecular formula is C8H12N2O. The number of aromatic nitrogens is 1. The van der Waals surface area contributed by atoms with E-state index in [0.29, 0.717) is 0 Å². The summed E-state index contributed by atoms with van der Waals surface area (Å²) in [6.45, 7) is 1.65. The van der Waals surface area contributed by atoms with E-state index >= 15 is 0 Å². The highest BCUT2D eigenvalue weighted by molar-refractivity contribution is 5.08. The topological polar surface area (TPSA) is 59.1 Å².